The van der Waals surface area contributed by atoms with Gasteiger partial charge in [0.05, 0.1) is 22.9 Å². The van der Waals surface area contributed by atoms with Crippen LogP contribution in [0.25, 0.3) is 11.0 Å². The summed E-state index contributed by atoms with van der Waals surface area (Å²) in [4.78, 5) is 11.2. The third-order valence-electron chi connectivity index (χ3n) is 3.95. The van der Waals surface area contributed by atoms with Crippen molar-refractivity contribution < 1.29 is 5.11 Å². The predicted octanol–water partition coefficient (Wildman–Crippen LogP) is 4.22. The summed E-state index contributed by atoms with van der Waals surface area (Å²) >= 11 is 5.96. The largest absolute Gasteiger partial charge is 0.385 e. The second kappa shape index (κ2) is 9.16. The third-order valence-corrected chi connectivity index (χ3v) is 4.19. The molecule has 23 heavy (non-hydrogen) atoms. The molecule has 126 valence electrons. The van der Waals surface area contributed by atoms with Crippen molar-refractivity contribution in [1.29, 1.82) is 0 Å². The average molecular weight is 336 g/mol. The van der Waals surface area contributed by atoms with Crippen molar-refractivity contribution in [1.82, 2.24) is 14.9 Å². The van der Waals surface area contributed by atoms with E-state index in [4.69, 9.17) is 11.6 Å². The smallest absolute Gasteiger partial charge is 0.110 e. The van der Waals surface area contributed by atoms with Gasteiger partial charge in [-0.3, -0.25) is 4.98 Å². The van der Waals surface area contributed by atoms with Gasteiger partial charge in [0.25, 0.3) is 0 Å². The van der Waals surface area contributed by atoms with Crippen molar-refractivity contribution in [2.24, 2.45) is 0 Å². The number of halogens is 1. The van der Waals surface area contributed by atoms with E-state index in [1.54, 1.807) is 18.3 Å². The number of unbranched alkanes of at least 4 members (excludes halogenated alkanes) is 2. The molecule has 0 radical (unpaired) electrons. The van der Waals surface area contributed by atoms with E-state index in [0.29, 0.717) is 17.3 Å². The molecule has 5 heteroatoms. The summed E-state index contributed by atoms with van der Waals surface area (Å²) in [5, 5.41) is 11.2. The molecule has 0 saturated heterocycles. The van der Waals surface area contributed by atoms with Crippen LogP contribution in [0.1, 0.15) is 51.3 Å². The maximum absolute atomic E-state index is 10.5. The van der Waals surface area contributed by atoms with E-state index in [0.717, 1.165) is 49.8 Å². The summed E-state index contributed by atoms with van der Waals surface area (Å²) in [5.74, 6) is 0. The van der Waals surface area contributed by atoms with Crippen LogP contribution >= 0.6 is 11.6 Å². The minimum atomic E-state index is -0.615. The van der Waals surface area contributed by atoms with Crippen molar-refractivity contribution >= 4 is 22.6 Å². The summed E-state index contributed by atoms with van der Waals surface area (Å²) in [6.45, 7) is 7.02. The van der Waals surface area contributed by atoms with Gasteiger partial charge < -0.3 is 10.0 Å². The summed E-state index contributed by atoms with van der Waals surface area (Å²) in [6.07, 6.45) is 5.67. The number of aliphatic hydroxyl groups is 1. The van der Waals surface area contributed by atoms with Crippen LogP contribution in [0.4, 0.5) is 0 Å². The van der Waals surface area contributed by atoms with Crippen LogP contribution in [0.15, 0.2) is 24.4 Å². The Kier molecular flexibility index (Phi) is 7.21. The van der Waals surface area contributed by atoms with Crippen LogP contribution < -0.4 is 0 Å². The van der Waals surface area contributed by atoms with Gasteiger partial charge in [-0.25, -0.2) is 4.98 Å². The first-order valence-electron chi connectivity index (χ1n) is 8.46. The zero-order valence-corrected chi connectivity index (χ0v) is 14.8. The molecular formula is C18H26ClN3O. The summed E-state index contributed by atoms with van der Waals surface area (Å²) < 4.78 is 0. The molecule has 0 unspecified atom stereocenters. The number of fused-ring (bicyclic) bond motifs is 1. The van der Waals surface area contributed by atoms with Crippen molar-refractivity contribution in [3.8, 4) is 0 Å². The lowest BCUT2D eigenvalue weighted by Crippen LogP contribution is -2.31. The maximum Gasteiger partial charge on any atom is 0.110 e. The van der Waals surface area contributed by atoms with Crippen molar-refractivity contribution in [2.75, 3.05) is 19.6 Å². The summed E-state index contributed by atoms with van der Waals surface area (Å²) in [5.41, 5.74) is 2.14. The van der Waals surface area contributed by atoms with Gasteiger partial charge in [-0.2, -0.15) is 0 Å². The fraction of sp³-hybridized carbons (Fsp3) is 0.556. The van der Waals surface area contributed by atoms with Gasteiger partial charge in [-0.05, 0) is 44.1 Å². The number of benzene rings is 1. The highest BCUT2D eigenvalue weighted by Crippen LogP contribution is 2.19. The lowest BCUT2D eigenvalue weighted by molar-refractivity contribution is 0.108. The minimum Gasteiger partial charge on any atom is -0.385 e. The molecule has 1 atom stereocenters. The monoisotopic (exact) mass is 335 g/mol. The Labute approximate surface area is 143 Å². The Balaban J connectivity index is 2.07. The van der Waals surface area contributed by atoms with Crippen LogP contribution in [0.5, 0.6) is 0 Å². The van der Waals surface area contributed by atoms with Gasteiger partial charge in [0.2, 0.25) is 0 Å². The fourth-order valence-corrected chi connectivity index (χ4v) is 2.72. The summed E-state index contributed by atoms with van der Waals surface area (Å²) in [7, 11) is 0. The molecule has 0 spiro atoms. The number of aliphatic hydroxyl groups excluding tert-OH is 1. The van der Waals surface area contributed by atoms with Crippen LogP contribution in [0.2, 0.25) is 5.02 Å². The fourth-order valence-electron chi connectivity index (χ4n) is 2.55. The second-order valence-corrected chi connectivity index (χ2v) is 6.39. The quantitative estimate of drug-likeness (QED) is 0.745. The van der Waals surface area contributed by atoms with E-state index in [2.05, 4.69) is 28.7 Å². The molecule has 0 aliphatic heterocycles. The zero-order chi connectivity index (χ0) is 16.7. The molecule has 2 aromatic rings. The molecule has 0 bridgehead atoms. The van der Waals surface area contributed by atoms with Crippen LogP contribution in [0, 0.1) is 0 Å². The Hall–Kier alpha value is -1.23. The zero-order valence-electron chi connectivity index (χ0n) is 14.0. The molecule has 1 heterocycles. The first kappa shape index (κ1) is 18.1. The van der Waals surface area contributed by atoms with E-state index in [-0.39, 0.29) is 0 Å². The van der Waals surface area contributed by atoms with Crippen LogP contribution in [-0.4, -0.2) is 39.6 Å². The molecule has 0 amide bonds. The summed E-state index contributed by atoms with van der Waals surface area (Å²) in [6, 6.07) is 5.42. The molecule has 2 rings (SSSR count). The highest BCUT2D eigenvalue weighted by Gasteiger charge is 2.15. The molecule has 0 saturated carbocycles. The molecule has 0 aliphatic carbocycles. The van der Waals surface area contributed by atoms with Gasteiger partial charge >= 0.3 is 0 Å². The van der Waals surface area contributed by atoms with Gasteiger partial charge in [0.15, 0.2) is 0 Å². The van der Waals surface area contributed by atoms with Gasteiger partial charge in [-0.15, -0.1) is 0 Å². The average Bonchev–Trinajstić information content (AvgIpc) is 2.56. The molecule has 1 N–H and O–H groups in total. The molecule has 1 aromatic carbocycles. The van der Waals surface area contributed by atoms with Crippen molar-refractivity contribution in [2.45, 2.75) is 45.6 Å². The molecule has 0 fully saturated rings. The number of rotatable bonds is 9. The van der Waals surface area contributed by atoms with E-state index in [1.165, 1.54) is 0 Å². The Morgan fingerprint density at radius 3 is 2.48 bits per heavy atom. The van der Waals surface area contributed by atoms with Crippen molar-refractivity contribution in [3.05, 3.63) is 35.1 Å². The first-order chi connectivity index (χ1) is 11.1. The number of hydrogen-bond donors (Lipinski definition) is 1. The predicted molar refractivity (Wildman–Crippen MR) is 95.8 cm³/mol. The topological polar surface area (TPSA) is 49.2 Å². The van der Waals surface area contributed by atoms with Gasteiger partial charge in [0.1, 0.15) is 6.10 Å². The number of hydrogen-bond acceptors (Lipinski definition) is 4. The Morgan fingerprint density at radius 1 is 1.13 bits per heavy atom. The minimum absolute atomic E-state index is 0.605. The Bertz CT molecular complexity index is 612. The first-order valence-corrected chi connectivity index (χ1v) is 8.84. The number of aromatic nitrogens is 2. The Morgan fingerprint density at radius 2 is 1.83 bits per heavy atom. The lowest BCUT2D eigenvalue weighted by atomic mass is 10.2. The molecular weight excluding hydrogens is 310 g/mol. The molecule has 4 nitrogen and oxygen atoms in total. The van der Waals surface area contributed by atoms with E-state index in [9.17, 15) is 5.11 Å². The standard InChI is InChI=1S/C18H26ClN3O/c1-3-5-9-22(10-6-4-2)13-18(23)17-12-20-16-11-14(19)7-8-15(16)21-17/h7-8,11-12,18,23H,3-6,9-10,13H2,1-2H3/t18-/m0/s1. The SMILES string of the molecule is CCCCN(CCCC)C[C@H](O)c1cnc2cc(Cl)ccc2n1. The maximum atomic E-state index is 10.5. The highest BCUT2D eigenvalue weighted by atomic mass is 35.5. The van der Waals surface area contributed by atoms with E-state index < -0.39 is 6.10 Å². The van der Waals surface area contributed by atoms with Gasteiger partial charge in [0, 0.05) is 11.6 Å². The van der Waals surface area contributed by atoms with Crippen LogP contribution in [0.3, 0.4) is 0 Å². The third kappa shape index (κ3) is 5.41. The molecule has 0 aliphatic rings. The molecule has 1 aromatic heterocycles. The second-order valence-electron chi connectivity index (χ2n) is 5.95. The van der Waals surface area contributed by atoms with Gasteiger partial charge in [-0.1, -0.05) is 38.3 Å². The van der Waals surface area contributed by atoms with Crippen molar-refractivity contribution in [3.63, 3.8) is 0 Å². The number of nitrogens with zero attached hydrogens (tertiary/aromatic N) is 3. The normalized spacial score (nSPS) is 12.9. The van der Waals surface area contributed by atoms with E-state index >= 15 is 0 Å². The lowest BCUT2D eigenvalue weighted by Gasteiger charge is -2.24. The van der Waals surface area contributed by atoms with Crippen LogP contribution in [-0.2, 0) is 0 Å². The van der Waals surface area contributed by atoms with E-state index in [1.807, 2.05) is 6.07 Å². The highest BCUT2D eigenvalue weighted by molar-refractivity contribution is 6.31.